The Morgan fingerprint density at radius 3 is 2.62 bits per heavy atom. The van der Waals surface area contributed by atoms with Crippen molar-refractivity contribution in [2.75, 3.05) is 14.2 Å². The van der Waals surface area contributed by atoms with Gasteiger partial charge in [-0.15, -0.1) is 0 Å². The summed E-state index contributed by atoms with van der Waals surface area (Å²) in [5.41, 5.74) is 1.88. The van der Waals surface area contributed by atoms with Gasteiger partial charge < -0.3 is 24.4 Å². The van der Waals surface area contributed by atoms with Crippen molar-refractivity contribution in [1.29, 1.82) is 0 Å². The summed E-state index contributed by atoms with van der Waals surface area (Å²) in [5.74, 6) is 0.520. The lowest BCUT2D eigenvalue weighted by Crippen LogP contribution is -2.22. The van der Waals surface area contributed by atoms with Crippen molar-refractivity contribution in [2.24, 2.45) is 0 Å². The molecule has 122 valence electrons. The van der Waals surface area contributed by atoms with Crippen molar-refractivity contribution < 1.29 is 19.4 Å². The number of imidazole rings is 1. The van der Waals surface area contributed by atoms with Crippen LogP contribution in [0.4, 0.5) is 0 Å². The number of rotatable bonds is 5. The van der Waals surface area contributed by atoms with Gasteiger partial charge in [-0.05, 0) is 24.3 Å². The molecule has 0 radical (unpaired) electrons. The number of carboxylic acids is 1. The molecule has 1 N–H and O–H groups in total. The second kappa shape index (κ2) is 6.45. The molecule has 24 heavy (non-hydrogen) atoms. The van der Waals surface area contributed by atoms with Gasteiger partial charge in [0.25, 0.3) is 0 Å². The number of nitrogens with one attached hydrogen (secondary N) is 1. The fourth-order valence-corrected chi connectivity index (χ4v) is 2.51. The highest BCUT2D eigenvalue weighted by molar-refractivity contribution is 6.00. The van der Waals surface area contributed by atoms with Crippen LogP contribution in [0.1, 0.15) is 21.7 Å². The Bertz CT molecular complexity index is 928. The first-order chi connectivity index (χ1) is 11.6. The number of hydrogen-bond donors (Lipinski definition) is 1. The topological polar surface area (TPSA) is 87.3 Å². The van der Waals surface area contributed by atoms with Gasteiger partial charge in [-0.25, -0.2) is 4.98 Å². The standard InChI is InChI=1S/C18H16N2O4/c1-23-14-8-3-5-11(17(14)24-2)9-10-15-19-13-7-4-6-12(18(21)22)16(13)20-15/h3-10H,1-2H3,(H,19,20)(H,21,22)/p-1/b10-9+. The van der Waals surface area contributed by atoms with Gasteiger partial charge in [-0.2, -0.15) is 0 Å². The Hall–Kier alpha value is -3.28. The molecule has 3 rings (SSSR count). The molecule has 6 heteroatoms. The number of nitrogens with zero attached hydrogens (tertiary/aromatic N) is 1. The Labute approximate surface area is 138 Å². The van der Waals surface area contributed by atoms with Crippen LogP contribution in [0.3, 0.4) is 0 Å². The molecule has 0 amide bonds. The van der Waals surface area contributed by atoms with Crippen molar-refractivity contribution >= 4 is 29.2 Å². The number of para-hydroxylation sites is 2. The smallest absolute Gasteiger partial charge is 0.167 e. The van der Waals surface area contributed by atoms with Gasteiger partial charge in [0.15, 0.2) is 11.5 Å². The highest BCUT2D eigenvalue weighted by Gasteiger charge is 2.08. The fourth-order valence-electron chi connectivity index (χ4n) is 2.51. The summed E-state index contributed by atoms with van der Waals surface area (Å²) in [5, 5.41) is 11.1. The number of hydrogen-bond acceptors (Lipinski definition) is 5. The number of carbonyl (C=O) groups is 1. The maximum Gasteiger partial charge on any atom is 0.167 e. The maximum absolute atomic E-state index is 11.1. The molecule has 1 aromatic heterocycles. The van der Waals surface area contributed by atoms with E-state index in [2.05, 4.69) is 9.97 Å². The molecule has 0 aliphatic heterocycles. The second-order valence-corrected chi connectivity index (χ2v) is 5.03. The average Bonchev–Trinajstić information content (AvgIpc) is 3.02. The Balaban J connectivity index is 2.00. The molecule has 0 saturated carbocycles. The van der Waals surface area contributed by atoms with Gasteiger partial charge in [0.1, 0.15) is 5.82 Å². The number of fused-ring (bicyclic) bond motifs is 1. The highest BCUT2D eigenvalue weighted by atomic mass is 16.5. The minimum Gasteiger partial charge on any atom is -0.545 e. The minimum atomic E-state index is -1.25. The molecule has 0 aliphatic carbocycles. The van der Waals surface area contributed by atoms with Crippen molar-refractivity contribution in [3.63, 3.8) is 0 Å². The Morgan fingerprint density at radius 2 is 1.92 bits per heavy atom. The summed E-state index contributed by atoms with van der Waals surface area (Å²) in [7, 11) is 3.15. The number of aromatic nitrogens is 2. The zero-order valence-corrected chi connectivity index (χ0v) is 13.2. The first kappa shape index (κ1) is 15.6. The summed E-state index contributed by atoms with van der Waals surface area (Å²) in [6.07, 6.45) is 3.56. The van der Waals surface area contributed by atoms with E-state index in [0.717, 1.165) is 5.56 Å². The van der Waals surface area contributed by atoms with Crippen LogP contribution in [0.15, 0.2) is 36.4 Å². The summed E-state index contributed by atoms with van der Waals surface area (Å²) in [4.78, 5) is 18.5. The van der Waals surface area contributed by atoms with E-state index in [-0.39, 0.29) is 5.56 Å². The van der Waals surface area contributed by atoms with Crippen LogP contribution in [-0.4, -0.2) is 30.2 Å². The zero-order chi connectivity index (χ0) is 17.1. The normalized spacial score (nSPS) is 11.1. The van der Waals surface area contributed by atoms with Crippen LogP contribution in [-0.2, 0) is 0 Å². The molecule has 0 aliphatic rings. The van der Waals surface area contributed by atoms with E-state index in [0.29, 0.717) is 28.4 Å². The Morgan fingerprint density at radius 1 is 1.12 bits per heavy atom. The van der Waals surface area contributed by atoms with E-state index in [1.165, 1.54) is 6.07 Å². The largest absolute Gasteiger partial charge is 0.545 e. The van der Waals surface area contributed by atoms with Gasteiger partial charge in [0.2, 0.25) is 0 Å². The molecule has 0 fully saturated rings. The maximum atomic E-state index is 11.1. The first-order valence-electron chi connectivity index (χ1n) is 7.23. The van der Waals surface area contributed by atoms with E-state index >= 15 is 0 Å². The molecular weight excluding hydrogens is 308 g/mol. The van der Waals surface area contributed by atoms with E-state index in [1.54, 1.807) is 32.4 Å². The minimum absolute atomic E-state index is 0.0577. The number of H-pyrrole nitrogens is 1. The van der Waals surface area contributed by atoms with Crippen LogP contribution in [0, 0.1) is 0 Å². The summed E-state index contributed by atoms with van der Waals surface area (Å²) in [6.45, 7) is 0. The van der Waals surface area contributed by atoms with E-state index < -0.39 is 5.97 Å². The fraction of sp³-hybridized carbons (Fsp3) is 0.111. The lowest BCUT2D eigenvalue weighted by molar-refractivity contribution is -0.254. The zero-order valence-electron chi connectivity index (χ0n) is 13.2. The molecule has 0 unspecified atom stereocenters. The van der Waals surface area contributed by atoms with Crippen molar-refractivity contribution in [3.8, 4) is 11.5 Å². The first-order valence-corrected chi connectivity index (χ1v) is 7.23. The highest BCUT2D eigenvalue weighted by Crippen LogP contribution is 2.31. The van der Waals surface area contributed by atoms with Crippen molar-refractivity contribution in [3.05, 3.63) is 53.3 Å². The van der Waals surface area contributed by atoms with Gasteiger partial charge >= 0.3 is 0 Å². The monoisotopic (exact) mass is 323 g/mol. The Kier molecular flexibility index (Phi) is 4.20. The number of carboxylic acid groups (broad SMARTS) is 1. The quantitative estimate of drug-likeness (QED) is 0.777. The van der Waals surface area contributed by atoms with Crippen LogP contribution in [0.25, 0.3) is 23.2 Å². The number of carbonyl (C=O) groups excluding carboxylic acids is 1. The predicted octanol–water partition coefficient (Wildman–Crippen LogP) is 2.11. The third-order valence-electron chi connectivity index (χ3n) is 3.61. The van der Waals surface area contributed by atoms with Crippen molar-refractivity contribution in [1.82, 2.24) is 9.97 Å². The second-order valence-electron chi connectivity index (χ2n) is 5.03. The molecule has 1 heterocycles. The summed E-state index contributed by atoms with van der Waals surface area (Å²) < 4.78 is 10.6. The lowest BCUT2D eigenvalue weighted by atomic mass is 10.1. The van der Waals surface area contributed by atoms with Crippen LogP contribution in [0.2, 0.25) is 0 Å². The number of methoxy groups -OCH3 is 2. The molecule has 0 atom stereocenters. The molecule has 0 saturated heterocycles. The van der Waals surface area contributed by atoms with Gasteiger partial charge in [-0.3, -0.25) is 0 Å². The number of ether oxygens (including phenoxy) is 2. The molecule has 3 aromatic rings. The third-order valence-corrected chi connectivity index (χ3v) is 3.61. The molecular formula is C18H15N2O4-. The molecule has 6 nitrogen and oxygen atoms in total. The predicted molar refractivity (Wildman–Crippen MR) is 88.9 cm³/mol. The molecule has 2 aromatic carbocycles. The SMILES string of the molecule is COc1cccc(/C=C/c2nc3c(C(=O)[O-])cccc3[nH]2)c1OC. The summed E-state index contributed by atoms with van der Waals surface area (Å²) >= 11 is 0. The number of aromatic amines is 1. The van der Waals surface area contributed by atoms with Gasteiger partial charge in [-0.1, -0.05) is 24.3 Å². The van der Waals surface area contributed by atoms with E-state index in [4.69, 9.17) is 9.47 Å². The summed E-state index contributed by atoms with van der Waals surface area (Å²) in [6, 6.07) is 10.4. The number of aromatic carboxylic acids is 1. The number of benzene rings is 2. The van der Waals surface area contributed by atoms with Crippen LogP contribution in [0.5, 0.6) is 11.5 Å². The molecule has 0 bridgehead atoms. The van der Waals surface area contributed by atoms with E-state index in [1.807, 2.05) is 24.3 Å². The van der Waals surface area contributed by atoms with Gasteiger partial charge in [0, 0.05) is 11.1 Å². The molecule has 0 spiro atoms. The van der Waals surface area contributed by atoms with Gasteiger partial charge in [0.05, 0.1) is 31.2 Å². The average molecular weight is 323 g/mol. The van der Waals surface area contributed by atoms with E-state index in [9.17, 15) is 9.90 Å². The third kappa shape index (κ3) is 2.81. The van der Waals surface area contributed by atoms with Crippen LogP contribution >= 0.6 is 0 Å². The van der Waals surface area contributed by atoms with Crippen LogP contribution < -0.4 is 14.6 Å². The lowest BCUT2D eigenvalue weighted by Gasteiger charge is -2.09. The van der Waals surface area contributed by atoms with Crippen molar-refractivity contribution in [2.45, 2.75) is 0 Å².